The van der Waals surface area contributed by atoms with Gasteiger partial charge in [-0.2, -0.15) is 0 Å². The number of alkyl halides is 1. The Balaban J connectivity index is 1.76. The van der Waals surface area contributed by atoms with Crippen molar-refractivity contribution < 1.29 is 0 Å². The van der Waals surface area contributed by atoms with Crippen molar-refractivity contribution in [3.63, 3.8) is 0 Å². The zero-order valence-electron chi connectivity index (χ0n) is 9.10. The summed E-state index contributed by atoms with van der Waals surface area (Å²) in [5.74, 6) is 1.43. The maximum atomic E-state index is 6.57. The quantitative estimate of drug-likeness (QED) is 0.447. The van der Waals surface area contributed by atoms with E-state index in [4.69, 9.17) is 11.6 Å². The van der Waals surface area contributed by atoms with E-state index in [1.807, 2.05) is 0 Å². The number of allylic oxidation sites excluding steroid dienone is 1. The van der Waals surface area contributed by atoms with Crippen molar-refractivity contribution in [2.24, 2.45) is 11.8 Å². The Labute approximate surface area is 108 Å². The van der Waals surface area contributed by atoms with Crippen LogP contribution in [0.15, 0.2) is 42.5 Å². The molecule has 16 heavy (non-hydrogen) atoms. The average Bonchev–Trinajstić information content (AvgIpc) is 2.80. The monoisotopic (exact) mass is 298 g/mol. The summed E-state index contributed by atoms with van der Waals surface area (Å²) in [5, 5.41) is 0.353. The molecular weight excluding hydrogens is 283 g/mol. The van der Waals surface area contributed by atoms with Crippen LogP contribution in [0.1, 0.15) is 12.8 Å². The first-order valence-electron chi connectivity index (χ1n) is 5.79. The van der Waals surface area contributed by atoms with Gasteiger partial charge in [0.05, 0.1) is 0 Å². The predicted molar refractivity (Wildman–Crippen MR) is 70.6 cm³/mol. The van der Waals surface area contributed by atoms with E-state index >= 15 is 0 Å². The van der Waals surface area contributed by atoms with Crippen LogP contribution in [0, 0.1) is 11.8 Å². The standard InChI is InChI=1S/C14H15ClSe/c1-9-7-10-8-12(9)13(15)14(10)16-11-5-3-2-4-6-11/h2-6,10,12-14H,1,7-8H2/t10-,12-,13+,14+/m1/s1. The van der Waals surface area contributed by atoms with Crippen LogP contribution in [0.5, 0.6) is 0 Å². The summed E-state index contributed by atoms with van der Waals surface area (Å²) < 4.78 is 1.49. The van der Waals surface area contributed by atoms with E-state index < -0.39 is 0 Å². The van der Waals surface area contributed by atoms with Gasteiger partial charge < -0.3 is 0 Å². The Morgan fingerprint density at radius 3 is 2.62 bits per heavy atom. The van der Waals surface area contributed by atoms with Gasteiger partial charge in [-0.1, -0.05) is 0 Å². The molecule has 2 fully saturated rings. The topological polar surface area (TPSA) is 0 Å². The maximum absolute atomic E-state index is 6.57. The van der Waals surface area contributed by atoms with Gasteiger partial charge in [0.15, 0.2) is 0 Å². The molecule has 0 heterocycles. The van der Waals surface area contributed by atoms with Crippen LogP contribution in [0.4, 0.5) is 0 Å². The van der Waals surface area contributed by atoms with Gasteiger partial charge in [0.1, 0.15) is 0 Å². The molecule has 84 valence electrons. The zero-order chi connectivity index (χ0) is 11.1. The minimum atomic E-state index is 0.353. The number of benzene rings is 1. The Bertz CT molecular complexity index is 398. The summed E-state index contributed by atoms with van der Waals surface area (Å²) in [6.07, 6.45) is 2.53. The van der Waals surface area contributed by atoms with Crippen LogP contribution in [0.3, 0.4) is 0 Å². The van der Waals surface area contributed by atoms with Crippen LogP contribution in [0.2, 0.25) is 4.82 Å². The average molecular weight is 298 g/mol. The fourth-order valence-electron chi connectivity index (χ4n) is 2.98. The summed E-state index contributed by atoms with van der Waals surface area (Å²) in [4.78, 5) is 0.729. The summed E-state index contributed by atoms with van der Waals surface area (Å²) >= 11 is 7.11. The van der Waals surface area contributed by atoms with Crippen molar-refractivity contribution in [3.8, 4) is 0 Å². The fraction of sp³-hybridized carbons (Fsp3) is 0.429. The number of rotatable bonds is 2. The molecule has 2 heteroatoms. The van der Waals surface area contributed by atoms with Crippen LogP contribution >= 0.6 is 11.6 Å². The van der Waals surface area contributed by atoms with Gasteiger partial charge >= 0.3 is 108 Å². The molecule has 0 aromatic heterocycles. The van der Waals surface area contributed by atoms with Gasteiger partial charge in [-0.3, -0.25) is 0 Å². The van der Waals surface area contributed by atoms with Crippen LogP contribution in [-0.2, 0) is 0 Å². The summed E-state index contributed by atoms with van der Waals surface area (Å²) in [6, 6.07) is 10.8. The van der Waals surface area contributed by atoms with Crippen LogP contribution < -0.4 is 4.46 Å². The molecule has 0 amide bonds. The SMILES string of the molecule is C=C1C[C@@H]2C[C@H]1[C@H](Cl)[C@H]2[Se]c1ccccc1. The summed E-state index contributed by atoms with van der Waals surface area (Å²) in [7, 11) is 0. The van der Waals surface area contributed by atoms with Gasteiger partial charge in [-0.25, -0.2) is 0 Å². The van der Waals surface area contributed by atoms with Crippen LogP contribution in [0.25, 0.3) is 0 Å². The normalized spacial score (nSPS) is 36.9. The third kappa shape index (κ3) is 1.75. The third-order valence-corrected chi connectivity index (χ3v) is 7.83. The van der Waals surface area contributed by atoms with E-state index in [-0.39, 0.29) is 0 Å². The van der Waals surface area contributed by atoms with E-state index in [0.717, 1.165) is 10.7 Å². The van der Waals surface area contributed by atoms with Gasteiger partial charge in [0, 0.05) is 0 Å². The summed E-state index contributed by atoms with van der Waals surface area (Å²) in [6.45, 7) is 4.15. The van der Waals surface area contributed by atoms with Gasteiger partial charge in [0.25, 0.3) is 0 Å². The van der Waals surface area contributed by atoms with E-state index in [9.17, 15) is 0 Å². The van der Waals surface area contributed by atoms with Gasteiger partial charge in [-0.05, 0) is 0 Å². The minimum absolute atomic E-state index is 0.353. The molecule has 0 unspecified atom stereocenters. The van der Waals surface area contributed by atoms with E-state index in [1.54, 1.807) is 0 Å². The molecule has 0 N–H and O–H groups in total. The zero-order valence-corrected chi connectivity index (χ0v) is 11.6. The molecule has 0 radical (unpaired) electrons. The second-order valence-electron chi connectivity index (χ2n) is 4.80. The molecule has 0 spiro atoms. The van der Waals surface area contributed by atoms with Crippen molar-refractivity contribution in [1.29, 1.82) is 0 Å². The Kier molecular flexibility index (Phi) is 2.87. The summed E-state index contributed by atoms with van der Waals surface area (Å²) in [5.41, 5.74) is 1.41. The van der Waals surface area contributed by atoms with Crippen molar-refractivity contribution >= 4 is 31.0 Å². The molecule has 3 rings (SSSR count). The predicted octanol–water partition coefficient (Wildman–Crippen LogP) is 3.01. The second-order valence-corrected chi connectivity index (χ2v) is 7.93. The van der Waals surface area contributed by atoms with Crippen molar-refractivity contribution in [1.82, 2.24) is 0 Å². The van der Waals surface area contributed by atoms with Gasteiger partial charge in [0.2, 0.25) is 0 Å². The van der Waals surface area contributed by atoms with Crippen LogP contribution in [-0.4, -0.2) is 20.3 Å². The first-order chi connectivity index (χ1) is 7.75. The molecule has 0 aliphatic heterocycles. The molecule has 2 bridgehead atoms. The molecule has 1 aromatic carbocycles. The van der Waals surface area contributed by atoms with Crippen molar-refractivity contribution in [3.05, 3.63) is 42.5 Å². The van der Waals surface area contributed by atoms with E-state index in [0.29, 0.717) is 26.3 Å². The second kappa shape index (κ2) is 4.22. The van der Waals surface area contributed by atoms with E-state index in [2.05, 4.69) is 36.9 Å². The number of hydrogen-bond donors (Lipinski definition) is 0. The van der Waals surface area contributed by atoms with E-state index in [1.165, 1.54) is 22.9 Å². The Hall–Kier alpha value is -0.231. The Morgan fingerprint density at radius 1 is 1.25 bits per heavy atom. The first-order valence-corrected chi connectivity index (χ1v) is 8.07. The van der Waals surface area contributed by atoms with Crippen molar-refractivity contribution in [2.45, 2.75) is 23.0 Å². The molecule has 2 aliphatic carbocycles. The number of hydrogen-bond acceptors (Lipinski definition) is 0. The molecule has 2 aliphatic rings. The number of fused-ring (bicyclic) bond motifs is 2. The molecule has 0 nitrogen and oxygen atoms in total. The number of halogens is 1. The molecule has 2 saturated carbocycles. The molecule has 4 atom stereocenters. The Morgan fingerprint density at radius 2 is 2.00 bits per heavy atom. The molecule has 1 aromatic rings. The first kappa shape index (κ1) is 10.9. The third-order valence-electron chi connectivity index (χ3n) is 3.78. The van der Waals surface area contributed by atoms with Crippen molar-refractivity contribution in [2.75, 3.05) is 0 Å². The fourth-order valence-corrected chi connectivity index (χ4v) is 6.56. The molecular formula is C14H15ClSe. The van der Waals surface area contributed by atoms with Gasteiger partial charge in [-0.15, -0.1) is 0 Å². The molecule has 0 saturated heterocycles.